The Kier molecular flexibility index (Phi) is 3.26. The number of rotatable bonds is 3. The van der Waals surface area contributed by atoms with Crippen LogP contribution in [0.5, 0.6) is 0 Å². The highest BCUT2D eigenvalue weighted by Gasteiger charge is 2.03. The highest BCUT2D eigenvalue weighted by Crippen LogP contribution is 2.11. The van der Waals surface area contributed by atoms with Gasteiger partial charge >= 0.3 is 0 Å². The molecule has 0 heterocycles. The molecule has 0 saturated carbocycles. The third-order valence-electron chi connectivity index (χ3n) is 1.98. The minimum absolute atomic E-state index is 0.00711. The molecular formula is C10H15NO. The van der Waals surface area contributed by atoms with Gasteiger partial charge in [-0.1, -0.05) is 31.2 Å². The summed E-state index contributed by atoms with van der Waals surface area (Å²) in [5, 5.41) is 8.83. The van der Waals surface area contributed by atoms with E-state index >= 15 is 0 Å². The first-order valence-electron chi connectivity index (χ1n) is 4.23. The fourth-order valence-electron chi connectivity index (χ4n) is 1.15. The standard InChI is InChI=1S/C10H15NO/c1-2-8-4-3-5-9(6-8)10(11)7-12/h3-6,10,12H,2,7,11H2,1H3/t10-/m0/s1. The maximum atomic E-state index is 8.83. The Hall–Kier alpha value is -0.860. The lowest BCUT2D eigenvalue weighted by Crippen LogP contribution is -2.14. The Morgan fingerprint density at radius 2 is 2.25 bits per heavy atom. The molecule has 0 spiro atoms. The lowest BCUT2D eigenvalue weighted by atomic mass is 10.0. The molecule has 0 aromatic heterocycles. The second kappa shape index (κ2) is 4.24. The zero-order chi connectivity index (χ0) is 8.97. The summed E-state index contributed by atoms with van der Waals surface area (Å²) in [4.78, 5) is 0. The van der Waals surface area contributed by atoms with Gasteiger partial charge in [-0.15, -0.1) is 0 Å². The first-order valence-corrected chi connectivity index (χ1v) is 4.23. The molecule has 0 amide bonds. The maximum absolute atomic E-state index is 8.83. The third kappa shape index (κ3) is 2.06. The maximum Gasteiger partial charge on any atom is 0.0624 e. The summed E-state index contributed by atoms with van der Waals surface area (Å²) < 4.78 is 0. The minimum Gasteiger partial charge on any atom is -0.394 e. The summed E-state index contributed by atoms with van der Waals surface area (Å²) in [6, 6.07) is 7.79. The lowest BCUT2D eigenvalue weighted by molar-refractivity contribution is 0.268. The zero-order valence-electron chi connectivity index (χ0n) is 7.33. The predicted molar refractivity (Wildman–Crippen MR) is 49.8 cm³/mol. The van der Waals surface area contributed by atoms with Crippen LogP contribution < -0.4 is 5.73 Å². The van der Waals surface area contributed by atoms with E-state index in [9.17, 15) is 0 Å². The third-order valence-corrected chi connectivity index (χ3v) is 1.98. The number of benzene rings is 1. The van der Waals surface area contributed by atoms with E-state index in [2.05, 4.69) is 13.0 Å². The normalized spacial score (nSPS) is 12.9. The molecule has 0 aliphatic heterocycles. The molecule has 12 heavy (non-hydrogen) atoms. The molecule has 0 aliphatic carbocycles. The van der Waals surface area contributed by atoms with Crippen molar-refractivity contribution in [2.24, 2.45) is 5.73 Å². The van der Waals surface area contributed by atoms with E-state index in [1.54, 1.807) is 0 Å². The van der Waals surface area contributed by atoms with Gasteiger partial charge in [-0.3, -0.25) is 0 Å². The van der Waals surface area contributed by atoms with Crippen LogP contribution in [0, 0.1) is 0 Å². The van der Waals surface area contributed by atoms with Crippen molar-refractivity contribution in [2.45, 2.75) is 19.4 Å². The fourth-order valence-corrected chi connectivity index (χ4v) is 1.15. The Bertz CT molecular complexity index is 247. The van der Waals surface area contributed by atoms with Gasteiger partial charge in [-0.25, -0.2) is 0 Å². The van der Waals surface area contributed by atoms with Crippen molar-refractivity contribution in [1.29, 1.82) is 0 Å². The van der Waals surface area contributed by atoms with E-state index in [0.717, 1.165) is 12.0 Å². The lowest BCUT2D eigenvalue weighted by Gasteiger charge is -2.09. The number of aryl methyl sites for hydroxylation is 1. The summed E-state index contributed by atoms with van der Waals surface area (Å²) in [5.74, 6) is 0. The summed E-state index contributed by atoms with van der Waals surface area (Å²) in [5.41, 5.74) is 7.94. The van der Waals surface area contributed by atoms with E-state index in [1.165, 1.54) is 5.56 Å². The van der Waals surface area contributed by atoms with Crippen LogP contribution in [-0.4, -0.2) is 11.7 Å². The first kappa shape index (κ1) is 9.23. The summed E-state index contributed by atoms with van der Waals surface area (Å²) in [6.07, 6.45) is 1.01. The molecule has 0 bridgehead atoms. The van der Waals surface area contributed by atoms with Crippen LogP contribution in [0.15, 0.2) is 24.3 Å². The van der Waals surface area contributed by atoms with Gasteiger partial charge in [0.2, 0.25) is 0 Å². The number of nitrogens with two attached hydrogens (primary N) is 1. The van der Waals surface area contributed by atoms with Gasteiger partial charge in [0, 0.05) is 0 Å². The first-order chi connectivity index (χ1) is 5.77. The van der Waals surface area contributed by atoms with Crippen LogP contribution in [0.3, 0.4) is 0 Å². The molecule has 0 aliphatic rings. The molecule has 1 rings (SSSR count). The Labute approximate surface area is 73.0 Å². The molecule has 0 fully saturated rings. The van der Waals surface area contributed by atoms with Crippen LogP contribution in [0.4, 0.5) is 0 Å². The molecule has 0 radical (unpaired) electrons. The van der Waals surface area contributed by atoms with E-state index in [0.29, 0.717) is 0 Å². The van der Waals surface area contributed by atoms with Gasteiger partial charge in [-0.05, 0) is 17.5 Å². The topological polar surface area (TPSA) is 46.2 Å². The molecule has 1 atom stereocenters. The quantitative estimate of drug-likeness (QED) is 0.708. The highest BCUT2D eigenvalue weighted by atomic mass is 16.3. The smallest absolute Gasteiger partial charge is 0.0624 e. The van der Waals surface area contributed by atoms with Crippen molar-refractivity contribution in [3.8, 4) is 0 Å². The van der Waals surface area contributed by atoms with E-state index in [-0.39, 0.29) is 12.6 Å². The van der Waals surface area contributed by atoms with Gasteiger partial charge in [0.25, 0.3) is 0 Å². The second-order valence-corrected chi connectivity index (χ2v) is 2.89. The van der Waals surface area contributed by atoms with Crippen LogP contribution in [0.25, 0.3) is 0 Å². The van der Waals surface area contributed by atoms with Gasteiger partial charge in [-0.2, -0.15) is 0 Å². The van der Waals surface area contributed by atoms with E-state index in [1.807, 2.05) is 18.2 Å². The van der Waals surface area contributed by atoms with Crippen molar-refractivity contribution in [3.05, 3.63) is 35.4 Å². The van der Waals surface area contributed by atoms with Crippen molar-refractivity contribution in [1.82, 2.24) is 0 Å². The fraction of sp³-hybridized carbons (Fsp3) is 0.400. The van der Waals surface area contributed by atoms with Crippen LogP contribution in [0.2, 0.25) is 0 Å². The molecule has 0 unspecified atom stereocenters. The largest absolute Gasteiger partial charge is 0.394 e. The minimum atomic E-state index is -0.239. The number of aliphatic hydroxyl groups excluding tert-OH is 1. The number of aliphatic hydroxyl groups is 1. The molecule has 66 valence electrons. The molecule has 2 nitrogen and oxygen atoms in total. The van der Waals surface area contributed by atoms with E-state index < -0.39 is 0 Å². The number of hydrogen-bond donors (Lipinski definition) is 2. The monoisotopic (exact) mass is 165 g/mol. The van der Waals surface area contributed by atoms with Gasteiger partial charge in [0.15, 0.2) is 0 Å². The summed E-state index contributed by atoms with van der Waals surface area (Å²) in [6.45, 7) is 2.11. The zero-order valence-corrected chi connectivity index (χ0v) is 7.33. The van der Waals surface area contributed by atoms with Crippen LogP contribution >= 0.6 is 0 Å². The number of hydrogen-bond acceptors (Lipinski definition) is 2. The Morgan fingerprint density at radius 3 is 2.83 bits per heavy atom. The summed E-state index contributed by atoms with van der Waals surface area (Å²) >= 11 is 0. The SMILES string of the molecule is CCc1cccc([C@@H](N)CO)c1. The van der Waals surface area contributed by atoms with Gasteiger partial charge < -0.3 is 10.8 Å². The van der Waals surface area contributed by atoms with Crippen molar-refractivity contribution < 1.29 is 5.11 Å². The van der Waals surface area contributed by atoms with Crippen molar-refractivity contribution in [3.63, 3.8) is 0 Å². The highest BCUT2D eigenvalue weighted by molar-refractivity contribution is 5.25. The van der Waals surface area contributed by atoms with Crippen molar-refractivity contribution in [2.75, 3.05) is 6.61 Å². The molecular weight excluding hydrogens is 150 g/mol. The van der Waals surface area contributed by atoms with E-state index in [4.69, 9.17) is 10.8 Å². The van der Waals surface area contributed by atoms with Crippen LogP contribution in [-0.2, 0) is 6.42 Å². The van der Waals surface area contributed by atoms with Gasteiger partial charge in [0.1, 0.15) is 0 Å². The predicted octanol–water partition coefficient (Wildman–Crippen LogP) is 1.24. The molecule has 0 saturated heterocycles. The molecule has 1 aromatic rings. The Morgan fingerprint density at radius 1 is 1.50 bits per heavy atom. The van der Waals surface area contributed by atoms with Crippen molar-refractivity contribution >= 4 is 0 Å². The summed E-state index contributed by atoms with van der Waals surface area (Å²) in [7, 11) is 0. The Balaban J connectivity index is 2.86. The molecule has 3 N–H and O–H groups in total. The second-order valence-electron chi connectivity index (χ2n) is 2.89. The molecule has 2 heteroatoms. The average Bonchev–Trinajstić information content (AvgIpc) is 2.17. The van der Waals surface area contributed by atoms with Gasteiger partial charge in [0.05, 0.1) is 12.6 Å². The molecule has 1 aromatic carbocycles. The average molecular weight is 165 g/mol. The van der Waals surface area contributed by atoms with Crippen LogP contribution in [0.1, 0.15) is 24.1 Å².